The van der Waals surface area contributed by atoms with Gasteiger partial charge >= 0.3 is 12.2 Å². The van der Waals surface area contributed by atoms with Crippen molar-refractivity contribution in [3.63, 3.8) is 0 Å². The molecular weight excluding hydrogens is 400 g/mol. The molecule has 0 spiro atoms. The molecule has 9 nitrogen and oxygen atoms in total. The van der Waals surface area contributed by atoms with Crippen molar-refractivity contribution in [2.45, 2.75) is 53.2 Å². The summed E-state index contributed by atoms with van der Waals surface area (Å²) in [5, 5.41) is 6.83. The SMILES string of the molecule is CC(C)C(=O)Nc1cc2cc(N3C(=O)OCC3C)cc(NC(=O)OC(C)(C)C)c2cn1. The molecule has 3 rings (SSSR count). The van der Waals surface area contributed by atoms with Crippen molar-refractivity contribution in [3.05, 3.63) is 24.4 Å². The molecule has 9 heteroatoms. The number of anilines is 3. The lowest BCUT2D eigenvalue weighted by Gasteiger charge is -2.22. The molecule has 2 aromatic rings. The molecule has 166 valence electrons. The first kappa shape index (κ1) is 22.3. The Morgan fingerprint density at radius 3 is 2.52 bits per heavy atom. The predicted molar refractivity (Wildman–Crippen MR) is 118 cm³/mol. The van der Waals surface area contributed by atoms with E-state index in [1.54, 1.807) is 59.0 Å². The molecule has 0 saturated carbocycles. The molecule has 2 N–H and O–H groups in total. The molecular formula is C22H28N4O5. The van der Waals surface area contributed by atoms with Crippen LogP contribution in [-0.2, 0) is 14.3 Å². The number of hydrogen-bond donors (Lipinski definition) is 2. The summed E-state index contributed by atoms with van der Waals surface area (Å²) in [6.45, 7) is 11.0. The highest BCUT2D eigenvalue weighted by molar-refractivity contribution is 6.05. The average molecular weight is 428 g/mol. The van der Waals surface area contributed by atoms with Gasteiger partial charge in [-0.05, 0) is 51.3 Å². The lowest BCUT2D eigenvalue weighted by molar-refractivity contribution is -0.118. The second-order valence-electron chi connectivity index (χ2n) is 8.85. The Labute approximate surface area is 181 Å². The van der Waals surface area contributed by atoms with E-state index in [0.717, 1.165) is 0 Å². The van der Waals surface area contributed by atoms with Crippen molar-refractivity contribution in [1.82, 2.24) is 4.98 Å². The molecule has 1 fully saturated rings. The van der Waals surface area contributed by atoms with Gasteiger partial charge in [0, 0.05) is 17.5 Å². The van der Waals surface area contributed by atoms with E-state index in [-0.39, 0.29) is 24.5 Å². The summed E-state index contributed by atoms with van der Waals surface area (Å²) in [4.78, 5) is 42.5. The third-order valence-electron chi connectivity index (χ3n) is 4.60. The van der Waals surface area contributed by atoms with Gasteiger partial charge in [-0.15, -0.1) is 0 Å². The smallest absolute Gasteiger partial charge is 0.414 e. The second kappa shape index (κ2) is 8.41. The first-order valence-electron chi connectivity index (χ1n) is 10.2. The van der Waals surface area contributed by atoms with Crippen LogP contribution in [0.1, 0.15) is 41.5 Å². The number of carbonyl (C=O) groups is 3. The zero-order valence-electron chi connectivity index (χ0n) is 18.6. The molecule has 1 saturated heterocycles. The fraction of sp³-hybridized carbons (Fsp3) is 0.455. The summed E-state index contributed by atoms with van der Waals surface area (Å²) in [5.41, 5.74) is 0.320. The van der Waals surface area contributed by atoms with Gasteiger partial charge < -0.3 is 14.8 Å². The van der Waals surface area contributed by atoms with Crippen LogP contribution in [0.4, 0.5) is 26.8 Å². The zero-order valence-corrected chi connectivity index (χ0v) is 18.6. The maximum absolute atomic E-state index is 12.4. The van der Waals surface area contributed by atoms with E-state index in [9.17, 15) is 14.4 Å². The van der Waals surface area contributed by atoms with Gasteiger partial charge in [0.15, 0.2) is 0 Å². The van der Waals surface area contributed by atoms with E-state index in [1.807, 2.05) is 6.92 Å². The molecule has 0 aliphatic carbocycles. The summed E-state index contributed by atoms with van der Waals surface area (Å²) >= 11 is 0. The molecule has 1 aromatic heterocycles. The van der Waals surface area contributed by atoms with E-state index in [2.05, 4.69) is 15.6 Å². The first-order chi connectivity index (χ1) is 14.4. The van der Waals surface area contributed by atoms with Gasteiger partial charge in [0.2, 0.25) is 5.91 Å². The third-order valence-corrected chi connectivity index (χ3v) is 4.60. The first-order valence-corrected chi connectivity index (χ1v) is 10.2. The van der Waals surface area contributed by atoms with Gasteiger partial charge in [-0.3, -0.25) is 15.0 Å². The van der Waals surface area contributed by atoms with Crippen LogP contribution in [0.2, 0.25) is 0 Å². The van der Waals surface area contributed by atoms with Crippen molar-refractivity contribution in [3.8, 4) is 0 Å². The summed E-state index contributed by atoms with van der Waals surface area (Å²) in [6.07, 6.45) is 0.477. The number of nitrogens with zero attached hydrogens (tertiary/aromatic N) is 2. The fourth-order valence-electron chi connectivity index (χ4n) is 3.11. The minimum atomic E-state index is -0.669. The predicted octanol–water partition coefficient (Wildman–Crippen LogP) is 4.52. The molecule has 0 radical (unpaired) electrons. The van der Waals surface area contributed by atoms with Crippen molar-refractivity contribution in [2.24, 2.45) is 5.92 Å². The largest absolute Gasteiger partial charge is 0.447 e. The number of nitrogens with one attached hydrogen (secondary N) is 2. The molecule has 3 amide bonds. The number of amides is 3. The van der Waals surface area contributed by atoms with Gasteiger partial charge in [-0.25, -0.2) is 14.6 Å². The van der Waals surface area contributed by atoms with Crippen molar-refractivity contribution >= 4 is 46.1 Å². The Kier molecular flexibility index (Phi) is 6.06. The number of cyclic esters (lactones) is 1. The highest BCUT2D eigenvalue weighted by atomic mass is 16.6. The summed E-state index contributed by atoms with van der Waals surface area (Å²) < 4.78 is 10.5. The Hall–Kier alpha value is -3.36. The molecule has 1 atom stereocenters. The summed E-state index contributed by atoms with van der Waals surface area (Å²) in [6, 6.07) is 5.02. The fourth-order valence-corrected chi connectivity index (χ4v) is 3.11. The van der Waals surface area contributed by atoms with Gasteiger partial charge in [0.25, 0.3) is 0 Å². The van der Waals surface area contributed by atoms with E-state index in [1.165, 1.54) is 4.90 Å². The van der Waals surface area contributed by atoms with E-state index < -0.39 is 17.8 Å². The van der Waals surface area contributed by atoms with Gasteiger partial charge in [-0.1, -0.05) is 13.8 Å². The minimum Gasteiger partial charge on any atom is -0.447 e. The maximum atomic E-state index is 12.4. The molecule has 1 unspecified atom stereocenters. The summed E-state index contributed by atoms with van der Waals surface area (Å²) in [7, 11) is 0. The molecule has 1 aromatic carbocycles. The standard InChI is InChI=1S/C22H28N4O5/c1-12(2)19(27)25-18-8-14-7-15(26-13(3)11-30-21(26)29)9-17(16(14)10-23-18)24-20(28)31-22(4,5)6/h7-10,12-13H,11H2,1-6H3,(H,24,28)(H,23,25,27). The van der Waals surface area contributed by atoms with Gasteiger partial charge in [0.1, 0.15) is 18.0 Å². The Balaban J connectivity index is 2.05. The summed E-state index contributed by atoms with van der Waals surface area (Å²) in [5.74, 6) is 0.0175. The number of aromatic nitrogens is 1. The Bertz CT molecular complexity index is 1030. The Morgan fingerprint density at radius 1 is 1.23 bits per heavy atom. The van der Waals surface area contributed by atoms with Crippen LogP contribution in [0.15, 0.2) is 24.4 Å². The second-order valence-corrected chi connectivity index (χ2v) is 8.85. The maximum Gasteiger partial charge on any atom is 0.414 e. The molecule has 2 heterocycles. The van der Waals surface area contributed by atoms with Gasteiger partial charge in [0.05, 0.1) is 17.4 Å². The van der Waals surface area contributed by atoms with Crippen molar-refractivity contribution < 1.29 is 23.9 Å². The minimum absolute atomic E-state index is 0.160. The van der Waals surface area contributed by atoms with Crippen LogP contribution >= 0.6 is 0 Å². The number of rotatable bonds is 4. The highest BCUT2D eigenvalue weighted by Gasteiger charge is 2.31. The number of fused-ring (bicyclic) bond motifs is 1. The average Bonchev–Trinajstić information content (AvgIpc) is 2.98. The normalized spacial score (nSPS) is 16.4. The van der Waals surface area contributed by atoms with Crippen LogP contribution in [0.3, 0.4) is 0 Å². The number of carbonyl (C=O) groups excluding carboxylic acids is 3. The van der Waals surface area contributed by atoms with Crippen LogP contribution in [-0.4, -0.2) is 41.3 Å². The van der Waals surface area contributed by atoms with E-state index in [0.29, 0.717) is 28.0 Å². The monoisotopic (exact) mass is 428 g/mol. The quantitative estimate of drug-likeness (QED) is 0.741. The lowest BCUT2D eigenvalue weighted by atomic mass is 10.1. The van der Waals surface area contributed by atoms with E-state index in [4.69, 9.17) is 9.47 Å². The third kappa shape index (κ3) is 5.22. The molecule has 31 heavy (non-hydrogen) atoms. The highest BCUT2D eigenvalue weighted by Crippen LogP contribution is 2.34. The van der Waals surface area contributed by atoms with E-state index >= 15 is 0 Å². The van der Waals surface area contributed by atoms with Crippen LogP contribution in [0.5, 0.6) is 0 Å². The number of pyridine rings is 1. The zero-order chi connectivity index (χ0) is 22.9. The molecule has 1 aliphatic rings. The topological polar surface area (TPSA) is 110 Å². The molecule has 1 aliphatic heterocycles. The number of hydrogen-bond acceptors (Lipinski definition) is 6. The Morgan fingerprint density at radius 2 is 1.94 bits per heavy atom. The number of ether oxygens (including phenoxy) is 2. The van der Waals surface area contributed by atoms with Crippen LogP contribution in [0, 0.1) is 5.92 Å². The van der Waals surface area contributed by atoms with Crippen molar-refractivity contribution in [1.29, 1.82) is 0 Å². The van der Waals surface area contributed by atoms with Crippen molar-refractivity contribution in [2.75, 3.05) is 22.1 Å². The van der Waals surface area contributed by atoms with Gasteiger partial charge in [-0.2, -0.15) is 0 Å². The van der Waals surface area contributed by atoms with Crippen LogP contribution in [0.25, 0.3) is 10.8 Å². The molecule has 0 bridgehead atoms. The van der Waals surface area contributed by atoms with Crippen LogP contribution < -0.4 is 15.5 Å². The number of benzene rings is 1. The lowest BCUT2D eigenvalue weighted by Crippen LogP contribution is -2.31.